The summed E-state index contributed by atoms with van der Waals surface area (Å²) >= 11 is 5.74. The van der Waals surface area contributed by atoms with Gasteiger partial charge >= 0.3 is 5.97 Å². The Morgan fingerprint density at radius 3 is 2.14 bits per heavy atom. The maximum absolute atomic E-state index is 11.7. The number of hydrogen-bond donors (Lipinski definition) is 3. The van der Waals surface area contributed by atoms with Gasteiger partial charge in [0.25, 0.3) is 0 Å². The summed E-state index contributed by atoms with van der Waals surface area (Å²) in [5, 5.41) is 14.6. The van der Waals surface area contributed by atoms with E-state index in [1.54, 1.807) is 38.1 Å². The number of aliphatic carboxylic acids is 1. The first-order chi connectivity index (χ1) is 10.3. The molecular formula is C15H19ClN2O4. The van der Waals surface area contributed by atoms with Crippen molar-refractivity contribution in [2.75, 3.05) is 5.32 Å². The molecule has 0 saturated carbocycles. The molecule has 0 aliphatic rings. The van der Waals surface area contributed by atoms with Crippen LogP contribution in [0.5, 0.6) is 0 Å². The van der Waals surface area contributed by atoms with E-state index in [1.807, 2.05) is 0 Å². The van der Waals surface area contributed by atoms with Gasteiger partial charge in [0, 0.05) is 23.6 Å². The van der Waals surface area contributed by atoms with Crippen molar-refractivity contribution in [2.45, 2.75) is 32.7 Å². The van der Waals surface area contributed by atoms with Crippen LogP contribution in [0.15, 0.2) is 24.3 Å². The van der Waals surface area contributed by atoms with E-state index in [4.69, 9.17) is 16.7 Å². The maximum Gasteiger partial charge on any atom is 0.326 e. The summed E-state index contributed by atoms with van der Waals surface area (Å²) in [5.74, 6) is -2.11. The highest BCUT2D eigenvalue weighted by Crippen LogP contribution is 2.13. The Morgan fingerprint density at radius 1 is 1.09 bits per heavy atom. The number of nitrogens with one attached hydrogen (secondary N) is 2. The molecule has 1 rings (SSSR count). The number of anilines is 1. The van der Waals surface area contributed by atoms with Crippen molar-refractivity contribution in [3.63, 3.8) is 0 Å². The molecule has 1 unspecified atom stereocenters. The van der Waals surface area contributed by atoms with Gasteiger partial charge in [-0.3, -0.25) is 9.59 Å². The van der Waals surface area contributed by atoms with Gasteiger partial charge in [-0.25, -0.2) is 4.79 Å². The Hall–Kier alpha value is -2.08. The number of amides is 2. The molecule has 2 amide bonds. The molecule has 1 aromatic carbocycles. The van der Waals surface area contributed by atoms with Crippen LogP contribution in [0, 0.1) is 5.92 Å². The van der Waals surface area contributed by atoms with Crippen LogP contribution in [0.25, 0.3) is 0 Å². The summed E-state index contributed by atoms with van der Waals surface area (Å²) in [5.41, 5.74) is 0.584. The first kappa shape index (κ1) is 18.0. The van der Waals surface area contributed by atoms with E-state index in [9.17, 15) is 14.4 Å². The topological polar surface area (TPSA) is 95.5 Å². The van der Waals surface area contributed by atoms with E-state index >= 15 is 0 Å². The molecule has 0 aliphatic carbocycles. The quantitative estimate of drug-likeness (QED) is 0.716. The lowest BCUT2D eigenvalue weighted by molar-refractivity contribution is -0.143. The van der Waals surface area contributed by atoms with Crippen molar-refractivity contribution >= 4 is 35.1 Å². The number of carboxylic acids is 1. The fourth-order valence-electron chi connectivity index (χ4n) is 1.74. The van der Waals surface area contributed by atoms with Gasteiger partial charge in [0.1, 0.15) is 6.04 Å². The van der Waals surface area contributed by atoms with Gasteiger partial charge in [-0.2, -0.15) is 0 Å². The van der Waals surface area contributed by atoms with Crippen LogP contribution in [0.2, 0.25) is 5.02 Å². The van der Waals surface area contributed by atoms with Crippen LogP contribution in [-0.4, -0.2) is 28.9 Å². The summed E-state index contributed by atoms with van der Waals surface area (Å²) in [6.07, 6.45) is -0.102. The third-order valence-corrected chi connectivity index (χ3v) is 3.21. The van der Waals surface area contributed by atoms with Gasteiger partial charge in [0.15, 0.2) is 0 Å². The van der Waals surface area contributed by atoms with Gasteiger partial charge in [-0.1, -0.05) is 25.4 Å². The van der Waals surface area contributed by atoms with E-state index in [0.717, 1.165) is 0 Å². The fraction of sp³-hybridized carbons (Fsp3) is 0.400. The highest BCUT2D eigenvalue weighted by atomic mass is 35.5. The first-order valence-corrected chi connectivity index (χ1v) is 7.25. The van der Waals surface area contributed by atoms with Crippen LogP contribution >= 0.6 is 11.6 Å². The second-order valence-corrected chi connectivity index (χ2v) is 5.62. The monoisotopic (exact) mass is 326 g/mol. The van der Waals surface area contributed by atoms with Gasteiger partial charge in [-0.05, 0) is 30.2 Å². The van der Waals surface area contributed by atoms with Gasteiger partial charge < -0.3 is 15.7 Å². The fourth-order valence-corrected chi connectivity index (χ4v) is 1.87. The number of carboxylic acid groups (broad SMARTS) is 1. The molecule has 6 nitrogen and oxygen atoms in total. The SMILES string of the molecule is CC(C)C(NC(=O)CCC(=O)Nc1ccc(Cl)cc1)C(=O)O. The Balaban J connectivity index is 2.41. The molecule has 7 heteroatoms. The van der Waals surface area contributed by atoms with E-state index < -0.39 is 17.9 Å². The lowest BCUT2D eigenvalue weighted by Crippen LogP contribution is -2.44. The van der Waals surface area contributed by atoms with Gasteiger partial charge in [0.2, 0.25) is 11.8 Å². The average molecular weight is 327 g/mol. The van der Waals surface area contributed by atoms with Crippen molar-refractivity contribution in [1.82, 2.24) is 5.32 Å². The summed E-state index contributed by atoms with van der Waals surface area (Å²) in [7, 11) is 0. The molecule has 1 aromatic rings. The van der Waals surface area contributed by atoms with Crippen molar-refractivity contribution in [1.29, 1.82) is 0 Å². The molecule has 0 fully saturated rings. The standard InChI is InChI=1S/C15H19ClN2O4/c1-9(2)14(15(21)22)18-13(20)8-7-12(19)17-11-5-3-10(16)4-6-11/h3-6,9,14H,7-8H2,1-2H3,(H,17,19)(H,18,20)(H,21,22). The van der Waals surface area contributed by atoms with Crippen molar-refractivity contribution in [2.24, 2.45) is 5.92 Å². The van der Waals surface area contributed by atoms with Crippen LogP contribution in [-0.2, 0) is 14.4 Å². The Kier molecular flexibility index (Phi) is 6.85. The van der Waals surface area contributed by atoms with E-state index in [0.29, 0.717) is 10.7 Å². The molecule has 0 radical (unpaired) electrons. The Bertz CT molecular complexity index is 543. The van der Waals surface area contributed by atoms with Crippen LogP contribution < -0.4 is 10.6 Å². The number of hydrogen-bond acceptors (Lipinski definition) is 3. The largest absolute Gasteiger partial charge is 0.480 e. The smallest absolute Gasteiger partial charge is 0.326 e. The minimum atomic E-state index is -1.09. The van der Waals surface area contributed by atoms with Crippen molar-refractivity contribution in [3.05, 3.63) is 29.3 Å². The minimum Gasteiger partial charge on any atom is -0.480 e. The normalized spacial score (nSPS) is 11.8. The summed E-state index contributed by atoms with van der Waals surface area (Å²) in [6.45, 7) is 3.40. The molecule has 22 heavy (non-hydrogen) atoms. The maximum atomic E-state index is 11.7. The van der Waals surface area contributed by atoms with Crippen LogP contribution in [0.1, 0.15) is 26.7 Å². The molecule has 1 atom stereocenters. The van der Waals surface area contributed by atoms with Crippen molar-refractivity contribution in [3.8, 4) is 0 Å². The first-order valence-electron chi connectivity index (χ1n) is 6.87. The lowest BCUT2D eigenvalue weighted by atomic mass is 10.0. The molecule has 0 bridgehead atoms. The highest BCUT2D eigenvalue weighted by Gasteiger charge is 2.23. The van der Waals surface area contributed by atoms with Crippen LogP contribution in [0.3, 0.4) is 0 Å². The van der Waals surface area contributed by atoms with E-state index in [1.165, 1.54) is 0 Å². The molecule has 3 N–H and O–H groups in total. The Labute approximate surface area is 133 Å². The molecule has 0 heterocycles. The zero-order valence-electron chi connectivity index (χ0n) is 12.4. The predicted octanol–water partition coefficient (Wildman–Crippen LogP) is 2.28. The zero-order valence-corrected chi connectivity index (χ0v) is 13.2. The molecule has 0 aliphatic heterocycles. The summed E-state index contributed by atoms with van der Waals surface area (Å²) < 4.78 is 0. The molecule has 0 saturated heterocycles. The molecular weight excluding hydrogens is 308 g/mol. The summed E-state index contributed by atoms with van der Waals surface area (Å²) in [4.78, 5) is 34.4. The second kappa shape index (κ2) is 8.38. The third-order valence-electron chi connectivity index (χ3n) is 2.96. The highest BCUT2D eigenvalue weighted by molar-refractivity contribution is 6.30. The number of carbonyl (C=O) groups excluding carboxylic acids is 2. The molecule has 120 valence electrons. The van der Waals surface area contributed by atoms with Gasteiger partial charge in [0.05, 0.1) is 0 Å². The Morgan fingerprint density at radius 2 is 1.64 bits per heavy atom. The minimum absolute atomic E-state index is 0.0289. The molecule has 0 aromatic heterocycles. The van der Waals surface area contributed by atoms with E-state index in [2.05, 4.69) is 10.6 Å². The number of benzene rings is 1. The molecule has 0 spiro atoms. The third kappa shape index (κ3) is 6.13. The van der Waals surface area contributed by atoms with Gasteiger partial charge in [-0.15, -0.1) is 0 Å². The van der Waals surface area contributed by atoms with Crippen molar-refractivity contribution < 1.29 is 19.5 Å². The average Bonchev–Trinajstić information content (AvgIpc) is 2.44. The summed E-state index contributed by atoms with van der Waals surface area (Å²) in [6, 6.07) is 5.64. The number of carbonyl (C=O) groups is 3. The number of rotatable bonds is 7. The van der Waals surface area contributed by atoms with Crippen LogP contribution in [0.4, 0.5) is 5.69 Å². The second-order valence-electron chi connectivity index (χ2n) is 5.18. The van der Waals surface area contributed by atoms with E-state index in [-0.39, 0.29) is 24.7 Å². The zero-order chi connectivity index (χ0) is 16.7. The lowest BCUT2D eigenvalue weighted by Gasteiger charge is -2.17. The predicted molar refractivity (Wildman–Crippen MR) is 83.7 cm³/mol. The number of halogens is 1.